The van der Waals surface area contributed by atoms with Gasteiger partial charge in [0.05, 0.1) is 5.39 Å². The summed E-state index contributed by atoms with van der Waals surface area (Å²) in [6, 6.07) is 16.5. The van der Waals surface area contributed by atoms with E-state index < -0.39 is 0 Å². The van der Waals surface area contributed by atoms with Gasteiger partial charge in [0, 0.05) is 10.8 Å². The maximum absolute atomic E-state index is 12.8. The third kappa shape index (κ3) is 2.84. The highest BCUT2D eigenvalue weighted by Crippen LogP contribution is 2.39. The molecule has 0 atom stereocenters. The molecule has 2 heteroatoms. The fraction of sp³-hybridized carbons (Fsp3) is 0.320. The van der Waals surface area contributed by atoms with E-state index in [0.717, 1.165) is 21.5 Å². The molecule has 1 heterocycles. The predicted molar refractivity (Wildman–Crippen MR) is 115 cm³/mol. The average molecular weight is 358 g/mol. The first-order chi connectivity index (χ1) is 12.6. The minimum Gasteiger partial charge on any atom is -0.422 e. The maximum atomic E-state index is 12.8. The largest absolute Gasteiger partial charge is 0.422 e. The van der Waals surface area contributed by atoms with Gasteiger partial charge in [-0.05, 0) is 44.9 Å². The lowest BCUT2D eigenvalue weighted by Crippen LogP contribution is -2.17. The van der Waals surface area contributed by atoms with Crippen molar-refractivity contribution < 1.29 is 4.42 Å². The molecule has 0 N–H and O–H groups in total. The second kappa shape index (κ2) is 5.69. The Hall–Kier alpha value is -2.61. The summed E-state index contributed by atoms with van der Waals surface area (Å²) in [6.07, 6.45) is 0. The van der Waals surface area contributed by atoms with E-state index in [1.165, 1.54) is 11.1 Å². The molecular formula is C25H26O2. The second-order valence-corrected chi connectivity index (χ2v) is 9.50. The third-order valence-electron chi connectivity index (χ3n) is 5.38. The summed E-state index contributed by atoms with van der Waals surface area (Å²) in [6.45, 7) is 13.2. The molecule has 0 amide bonds. The van der Waals surface area contributed by atoms with Gasteiger partial charge in [-0.15, -0.1) is 0 Å². The zero-order chi connectivity index (χ0) is 19.6. The fourth-order valence-corrected chi connectivity index (χ4v) is 3.84. The lowest BCUT2D eigenvalue weighted by Gasteiger charge is -2.27. The number of fused-ring (bicyclic) bond motifs is 5. The van der Waals surface area contributed by atoms with Crippen LogP contribution in [-0.4, -0.2) is 0 Å². The minimum atomic E-state index is -0.269. The van der Waals surface area contributed by atoms with Crippen LogP contribution in [0.2, 0.25) is 0 Å². The highest BCUT2D eigenvalue weighted by atomic mass is 16.4. The van der Waals surface area contributed by atoms with Gasteiger partial charge in [0.1, 0.15) is 5.58 Å². The van der Waals surface area contributed by atoms with E-state index in [0.29, 0.717) is 11.0 Å². The molecule has 3 aromatic carbocycles. The first-order valence-corrected chi connectivity index (χ1v) is 9.51. The number of rotatable bonds is 0. The van der Waals surface area contributed by atoms with E-state index in [2.05, 4.69) is 59.7 Å². The molecule has 1 aromatic heterocycles. The normalized spacial score (nSPS) is 13.0. The van der Waals surface area contributed by atoms with Crippen molar-refractivity contribution in [3.05, 3.63) is 70.1 Å². The minimum absolute atomic E-state index is 0.0273. The van der Waals surface area contributed by atoms with Crippen LogP contribution in [0.25, 0.3) is 32.5 Å². The van der Waals surface area contributed by atoms with Crippen molar-refractivity contribution in [2.45, 2.75) is 52.4 Å². The van der Waals surface area contributed by atoms with Gasteiger partial charge in [-0.2, -0.15) is 0 Å². The highest BCUT2D eigenvalue weighted by molar-refractivity contribution is 6.19. The van der Waals surface area contributed by atoms with Crippen molar-refractivity contribution in [2.75, 3.05) is 0 Å². The molecule has 0 radical (unpaired) electrons. The molecule has 138 valence electrons. The van der Waals surface area contributed by atoms with Gasteiger partial charge in [0.15, 0.2) is 0 Å². The summed E-state index contributed by atoms with van der Waals surface area (Å²) >= 11 is 0. The monoisotopic (exact) mass is 358 g/mol. The molecule has 0 fully saturated rings. The van der Waals surface area contributed by atoms with Crippen LogP contribution in [0.3, 0.4) is 0 Å². The van der Waals surface area contributed by atoms with Crippen LogP contribution >= 0.6 is 0 Å². The summed E-state index contributed by atoms with van der Waals surface area (Å²) in [4.78, 5) is 12.8. The predicted octanol–water partition coefficient (Wildman–Crippen LogP) is 6.69. The van der Waals surface area contributed by atoms with E-state index in [4.69, 9.17) is 4.42 Å². The van der Waals surface area contributed by atoms with E-state index in [9.17, 15) is 4.79 Å². The van der Waals surface area contributed by atoms with Crippen LogP contribution in [0, 0.1) is 0 Å². The molecule has 2 nitrogen and oxygen atoms in total. The van der Waals surface area contributed by atoms with Crippen molar-refractivity contribution >= 4 is 32.5 Å². The molecule has 0 saturated carbocycles. The summed E-state index contributed by atoms with van der Waals surface area (Å²) in [5.41, 5.74) is 2.71. The fourth-order valence-electron chi connectivity index (χ4n) is 3.84. The maximum Gasteiger partial charge on any atom is 0.344 e. The van der Waals surface area contributed by atoms with Crippen LogP contribution in [0.1, 0.15) is 52.7 Å². The second-order valence-electron chi connectivity index (χ2n) is 9.50. The van der Waals surface area contributed by atoms with Crippen molar-refractivity contribution in [1.29, 1.82) is 0 Å². The summed E-state index contributed by atoms with van der Waals surface area (Å²) < 4.78 is 5.84. The Balaban J connectivity index is 2.35. The topological polar surface area (TPSA) is 30.2 Å². The van der Waals surface area contributed by atoms with Gasteiger partial charge in [-0.25, -0.2) is 4.79 Å². The molecular weight excluding hydrogens is 332 g/mol. The zero-order valence-electron chi connectivity index (χ0n) is 16.9. The van der Waals surface area contributed by atoms with Gasteiger partial charge in [0.2, 0.25) is 0 Å². The van der Waals surface area contributed by atoms with E-state index >= 15 is 0 Å². The Kier molecular flexibility index (Phi) is 3.75. The SMILES string of the molecule is CC(C)(C)c1cc(C(C)(C)C)c2c(c1)oc(=O)c1ccc3ccccc3c12. The standard InChI is InChI=1S/C25H26O2/c1-24(2,3)16-13-19(25(4,5)6)22-20(14-16)27-23(26)18-12-11-15-9-7-8-10-17(15)21(18)22/h7-14H,1-6H3. The Morgan fingerprint density at radius 2 is 1.44 bits per heavy atom. The molecule has 0 spiro atoms. The summed E-state index contributed by atoms with van der Waals surface area (Å²) in [5, 5.41) is 4.94. The first-order valence-electron chi connectivity index (χ1n) is 9.51. The van der Waals surface area contributed by atoms with E-state index in [1.807, 2.05) is 30.3 Å². The molecule has 0 aliphatic rings. The smallest absolute Gasteiger partial charge is 0.344 e. The molecule has 4 rings (SSSR count). The summed E-state index contributed by atoms with van der Waals surface area (Å²) in [5.74, 6) is 0. The third-order valence-corrected chi connectivity index (χ3v) is 5.38. The number of hydrogen-bond donors (Lipinski definition) is 0. The van der Waals surface area contributed by atoms with E-state index in [-0.39, 0.29) is 16.5 Å². The molecule has 27 heavy (non-hydrogen) atoms. The Bertz CT molecular complexity index is 1250. The number of hydrogen-bond acceptors (Lipinski definition) is 2. The molecule has 0 saturated heterocycles. The first kappa shape index (κ1) is 17.8. The van der Waals surface area contributed by atoms with Crippen molar-refractivity contribution in [1.82, 2.24) is 0 Å². The van der Waals surface area contributed by atoms with Gasteiger partial charge in [-0.3, -0.25) is 0 Å². The molecule has 0 unspecified atom stereocenters. The van der Waals surface area contributed by atoms with Crippen LogP contribution in [-0.2, 0) is 10.8 Å². The molecule has 0 bridgehead atoms. The van der Waals surface area contributed by atoms with Gasteiger partial charge in [-0.1, -0.05) is 77.9 Å². The highest BCUT2D eigenvalue weighted by Gasteiger charge is 2.25. The quantitative estimate of drug-likeness (QED) is 0.259. The van der Waals surface area contributed by atoms with Gasteiger partial charge in [0.25, 0.3) is 0 Å². The lowest BCUT2D eigenvalue weighted by molar-refractivity contribution is 0.550. The van der Waals surface area contributed by atoms with E-state index in [1.54, 1.807) is 0 Å². The molecule has 0 aliphatic carbocycles. The van der Waals surface area contributed by atoms with Crippen molar-refractivity contribution in [3.8, 4) is 0 Å². The van der Waals surface area contributed by atoms with Gasteiger partial charge < -0.3 is 4.42 Å². The Morgan fingerprint density at radius 1 is 0.741 bits per heavy atom. The van der Waals surface area contributed by atoms with Crippen LogP contribution in [0.4, 0.5) is 0 Å². The van der Waals surface area contributed by atoms with Crippen LogP contribution < -0.4 is 5.63 Å². The molecule has 4 aromatic rings. The van der Waals surface area contributed by atoms with Crippen molar-refractivity contribution in [3.63, 3.8) is 0 Å². The summed E-state index contributed by atoms with van der Waals surface area (Å²) in [7, 11) is 0. The Morgan fingerprint density at radius 3 is 2.11 bits per heavy atom. The average Bonchev–Trinajstić information content (AvgIpc) is 2.58. The van der Waals surface area contributed by atoms with Crippen molar-refractivity contribution in [2.24, 2.45) is 0 Å². The van der Waals surface area contributed by atoms with Crippen LogP contribution in [0.5, 0.6) is 0 Å². The lowest BCUT2D eigenvalue weighted by atomic mass is 9.78. The number of benzene rings is 3. The van der Waals surface area contributed by atoms with Crippen LogP contribution in [0.15, 0.2) is 57.7 Å². The Labute approximate surface area is 159 Å². The molecule has 0 aliphatic heterocycles. The zero-order valence-corrected chi connectivity index (χ0v) is 16.9. The van der Waals surface area contributed by atoms with Gasteiger partial charge >= 0.3 is 5.63 Å².